The second-order valence-electron chi connectivity index (χ2n) is 4.13. The van der Waals surface area contributed by atoms with Crippen LogP contribution in [-0.4, -0.2) is 23.5 Å². The molecule has 0 aliphatic rings. The fraction of sp³-hybridized carbons (Fsp3) is 0.692. The molecule has 17 heavy (non-hydrogen) atoms. The number of carbonyl (C=O) groups excluding carboxylic acids is 1. The van der Waals surface area contributed by atoms with Crippen molar-refractivity contribution in [1.29, 1.82) is 0 Å². The van der Waals surface area contributed by atoms with Crippen LogP contribution in [0.15, 0.2) is 0 Å². The van der Waals surface area contributed by atoms with Gasteiger partial charge < -0.3 is 10.4 Å². The summed E-state index contributed by atoms with van der Waals surface area (Å²) in [5, 5.41) is 11.9. The van der Waals surface area contributed by atoms with Crippen molar-refractivity contribution in [2.45, 2.75) is 46.0 Å². The predicted molar refractivity (Wildman–Crippen MR) is 66.3 cm³/mol. The largest absolute Gasteiger partial charge is 0.481 e. The molecule has 0 bridgehead atoms. The number of amides is 1. The van der Waals surface area contributed by atoms with Gasteiger partial charge in [0.2, 0.25) is 5.91 Å². The summed E-state index contributed by atoms with van der Waals surface area (Å²) in [5.74, 6) is 1.37. The molecule has 0 radical (unpaired) electrons. The third-order valence-electron chi connectivity index (χ3n) is 3.13. The molecule has 0 saturated carbocycles. The van der Waals surface area contributed by atoms with Gasteiger partial charge in [-0.2, -0.15) is 0 Å². The molecule has 0 rings (SSSR count). The molecular formula is C13H21NO3. The maximum absolute atomic E-state index is 11.6. The monoisotopic (exact) mass is 239 g/mol. The number of hydrogen-bond acceptors (Lipinski definition) is 2. The summed E-state index contributed by atoms with van der Waals surface area (Å²) in [6.07, 6.45) is 7.37. The Morgan fingerprint density at radius 3 is 2.35 bits per heavy atom. The number of carbonyl (C=O) groups is 2. The van der Waals surface area contributed by atoms with Crippen molar-refractivity contribution in [1.82, 2.24) is 5.32 Å². The van der Waals surface area contributed by atoms with Crippen molar-refractivity contribution in [3.05, 3.63) is 0 Å². The van der Waals surface area contributed by atoms with Gasteiger partial charge in [-0.25, -0.2) is 0 Å². The van der Waals surface area contributed by atoms with E-state index in [1.54, 1.807) is 13.8 Å². The molecule has 4 nitrogen and oxygen atoms in total. The van der Waals surface area contributed by atoms with Crippen molar-refractivity contribution < 1.29 is 14.7 Å². The van der Waals surface area contributed by atoms with Crippen LogP contribution in [0.5, 0.6) is 0 Å². The van der Waals surface area contributed by atoms with E-state index in [9.17, 15) is 14.7 Å². The average Bonchev–Trinajstić information content (AvgIpc) is 2.31. The minimum atomic E-state index is -0.934. The number of rotatable bonds is 8. The number of carboxylic acids is 1. The minimum Gasteiger partial charge on any atom is -0.481 e. The van der Waals surface area contributed by atoms with Crippen LogP contribution in [0.4, 0.5) is 0 Å². The number of aliphatic carboxylic acids is 1. The average molecular weight is 239 g/mol. The smallest absolute Gasteiger partial charge is 0.310 e. The van der Waals surface area contributed by atoms with E-state index in [-0.39, 0.29) is 12.3 Å². The van der Waals surface area contributed by atoms with Crippen molar-refractivity contribution in [3.63, 3.8) is 0 Å². The van der Waals surface area contributed by atoms with Crippen molar-refractivity contribution >= 4 is 11.9 Å². The lowest BCUT2D eigenvalue weighted by Gasteiger charge is -2.25. The molecule has 0 aromatic heterocycles. The Morgan fingerprint density at radius 2 is 1.94 bits per heavy atom. The van der Waals surface area contributed by atoms with Crippen LogP contribution in [-0.2, 0) is 9.59 Å². The van der Waals surface area contributed by atoms with Crippen molar-refractivity contribution in [3.8, 4) is 12.3 Å². The Kier molecular flexibility index (Phi) is 7.04. The molecule has 96 valence electrons. The predicted octanol–water partition coefficient (Wildman–Crippen LogP) is 1.80. The van der Waals surface area contributed by atoms with Crippen LogP contribution < -0.4 is 5.32 Å². The van der Waals surface area contributed by atoms with Crippen LogP contribution in [0.25, 0.3) is 0 Å². The molecule has 0 fully saturated rings. The summed E-state index contributed by atoms with van der Waals surface area (Å²) < 4.78 is 0. The minimum absolute atomic E-state index is 0.0331. The fourth-order valence-corrected chi connectivity index (χ4v) is 1.67. The lowest BCUT2D eigenvalue weighted by Crippen LogP contribution is -2.37. The fourth-order valence-electron chi connectivity index (χ4n) is 1.67. The molecule has 0 aromatic carbocycles. The zero-order valence-electron chi connectivity index (χ0n) is 10.6. The van der Waals surface area contributed by atoms with E-state index in [0.29, 0.717) is 25.8 Å². The number of terminal acetylenes is 1. The highest BCUT2D eigenvalue weighted by atomic mass is 16.4. The molecule has 0 aliphatic carbocycles. The first-order chi connectivity index (χ1) is 8.02. The zero-order valence-corrected chi connectivity index (χ0v) is 10.6. The van der Waals surface area contributed by atoms with Gasteiger partial charge in [-0.05, 0) is 19.3 Å². The number of carboxylic acid groups (broad SMARTS) is 1. The molecule has 0 spiro atoms. The number of hydrogen-bond donors (Lipinski definition) is 2. The van der Waals surface area contributed by atoms with E-state index in [1.807, 2.05) is 0 Å². The van der Waals surface area contributed by atoms with Gasteiger partial charge in [-0.15, -0.1) is 12.3 Å². The normalized spacial score (nSPS) is 10.6. The molecule has 2 N–H and O–H groups in total. The number of nitrogens with one attached hydrogen (secondary N) is 1. The third-order valence-corrected chi connectivity index (χ3v) is 3.13. The van der Waals surface area contributed by atoms with Gasteiger partial charge in [-0.3, -0.25) is 9.59 Å². The molecule has 0 atom stereocenters. The molecular weight excluding hydrogens is 218 g/mol. The van der Waals surface area contributed by atoms with E-state index >= 15 is 0 Å². The van der Waals surface area contributed by atoms with Gasteiger partial charge in [0.25, 0.3) is 0 Å². The quantitative estimate of drug-likeness (QED) is 0.501. The van der Waals surface area contributed by atoms with Gasteiger partial charge >= 0.3 is 5.97 Å². The summed E-state index contributed by atoms with van der Waals surface area (Å²) >= 11 is 0. The van der Waals surface area contributed by atoms with Crippen molar-refractivity contribution in [2.75, 3.05) is 6.54 Å². The first-order valence-electron chi connectivity index (χ1n) is 5.96. The maximum atomic E-state index is 11.6. The molecule has 4 heteroatoms. The summed E-state index contributed by atoms with van der Waals surface area (Å²) in [5.41, 5.74) is -0.934. The van der Waals surface area contributed by atoms with Gasteiger partial charge in [0.1, 0.15) is 0 Å². The van der Waals surface area contributed by atoms with Crippen LogP contribution in [0, 0.1) is 17.8 Å². The first kappa shape index (κ1) is 15.5. The molecule has 1 amide bonds. The van der Waals surface area contributed by atoms with E-state index < -0.39 is 11.4 Å². The summed E-state index contributed by atoms with van der Waals surface area (Å²) in [4.78, 5) is 22.8. The summed E-state index contributed by atoms with van der Waals surface area (Å²) in [6.45, 7) is 4.10. The zero-order chi connectivity index (χ0) is 13.3. The van der Waals surface area contributed by atoms with Crippen LogP contribution in [0.1, 0.15) is 46.0 Å². The first-order valence-corrected chi connectivity index (χ1v) is 5.96. The Labute approximate surface area is 103 Å². The summed E-state index contributed by atoms with van der Waals surface area (Å²) in [7, 11) is 0. The highest BCUT2D eigenvalue weighted by molar-refractivity contribution is 5.84. The van der Waals surface area contributed by atoms with Crippen molar-refractivity contribution in [2.24, 2.45) is 5.41 Å². The Morgan fingerprint density at radius 1 is 1.35 bits per heavy atom. The van der Waals surface area contributed by atoms with Gasteiger partial charge in [0, 0.05) is 19.4 Å². The Bertz CT molecular complexity index is 300. The molecule has 0 unspecified atom stereocenters. The second kappa shape index (κ2) is 7.72. The van der Waals surface area contributed by atoms with E-state index in [4.69, 9.17) is 6.42 Å². The lowest BCUT2D eigenvalue weighted by atomic mass is 9.79. The van der Waals surface area contributed by atoms with E-state index in [2.05, 4.69) is 11.2 Å². The Hall–Kier alpha value is -1.50. The van der Waals surface area contributed by atoms with Crippen LogP contribution in [0.2, 0.25) is 0 Å². The second-order valence-corrected chi connectivity index (χ2v) is 4.13. The van der Waals surface area contributed by atoms with Gasteiger partial charge in [0.05, 0.1) is 5.41 Å². The van der Waals surface area contributed by atoms with Gasteiger partial charge in [-0.1, -0.05) is 13.8 Å². The molecule has 0 heterocycles. The van der Waals surface area contributed by atoms with E-state index in [0.717, 1.165) is 6.42 Å². The molecule has 0 aromatic rings. The third kappa shape index (κ3) is 4.90. The van der Waals surface area contributed by atoms with E-state index in [1.165, 1.54) is 0 Å². The Balaban J connectivity index is 4.24. The molecule has 0 saturated heterocycles. The maximum Gasteiger partial charge on any atom is 0.310 e. The topological polar surface area (TPSA) is 66.4 Å². The highest BCUT2D eigenvalue weighted by Crippen LogP contribution is 2.30. The number of unbranched alkanes of at least 4 members (excludes halogenated alkanes) is 1. The SMILES string of the molecule is C#CCCCNC(=O)CC(CC)(CC)C(=O)O. The standard InChI is InChI=1S/C13H21NO3/c1-4-7-8-9-14-11(15)10-13(5-2,6-3)12(16)17/h1H,5-10H2,2-3H3,(H,14,15)(H,16,17). The highest BCUT2D eigenvalue weighted by Gasteiger charge is 2.36. The summed E-state index contributed by atoms with van der Waals surface area (Å²) in [6, 6.07) is 0. The lowest BCUT2D eigenvalue weighted by molar-refractivity contribution is -0.152. The van der Waals surface area contributed by atoms with Crippen LogP contribution >= 0.6 is 0 Å². The molecule has 0 aliphatic heterocycles. The van der Waals surface area contributed by atoms with Gasteiger partial charge in [0.15, 0.2) is 0 Å². The van der Waals surface area contributed by atoms with Crippen LogP contribution in [0.3, 0.4) is 0 Å².